The van der Waals surface area contributed by atoms with Gasteiger partial charge in [0, 0.05) is 12.3 Å². The topological polar surface area (TPSA) is 26.3 Å². The molecule has 0 unspecified atom stereocenters. The Hall–Kier alpha value is -0.830. The van der Waals surface area contributed by atoms with Crippen LogP contribution in [0.15, 0.2) is 24.3 Å². The molecule has 1 aromatic carbocycles. The van der Waals surface area contributed by atoms with Crippen molar-refractivity contribution in [2.45, 2.75) is 18.9 Å². The van der Waals surface area contributed by atoms with Crippen LogP contribution in [0.25, 0.3) is 0 Å². The van der Waals surface area contributed by atoms with Crippen LogP contribution in [-0.4, -0.2) is 5.97 Å². The van der Waals surface area contributed by atoms with Crippen molar-refractivity contribution >= 4 is 21.9 Å². The molecule has 2 nitrogen and oxygen atoms in total. The number of rotatable bonds is 3. The lowest BCUT2D eigenvalue weighted by atomic mass is 10.1. The predicted molar refractivity (Wildman–Crippen MR) is 54.5 cm³/mol. The Morgan fingerprint density at radius 3 is 2.54 bits per heavy atom. The first kappa shape index (κ1) is 10.3. The second-order valence-electron chi connectivity index (χ2n) is 2.68. The minimum Gasteiger partial charge on any atom is -0.461 e. The van der Waals surface area contributed by atoms with E-state index < -0.39 is 0 Å². The molecular weight excluding hydrogens is 232 g/mol. The number of hydrogen-bond acceptors (Lipinski definition) is 2. The van der Waals surface area contributed by atoms with Crippen LogP contribution in [0.1, 0.15) is 18.1 Å². The third-order valence-electron chi connectivity index (χ3n) is 1.69. The van der Waals surface area contributed by atoms with E-state index in [2.05, 4.69) is 15.9 Å². The van der Waals surface area contributed by atoms with E-state index in [1.165, 1.54) is 6.92 Å². The summed E-state index contributed by atoms with van der Waals surface area (Å²) in [7, 11) is 0. The van der Waals surface area contributed by atoms with Gasteiger partial charge in [0.05, 0.1) is 0 Å². The van der Waals surface area contributed by atoms with Gasteiger partial charge >= 0.3 is 5.97 Å². The van der Waals surface area contributed by atoms with Gasteiger partial charge in [-0.1, -0.05) is 40.2 Å². The van der Waals surface area contributed by atoms with Gasteiger partial charge in [-0.15, -0.1) is 0 Å². The molecule has 0 saturated carbocycles. The van der Waals surface area contributed by atoms with Crippen molar-refractivity contribution in [1.82, 2.24) is 0 Å². The molecule has 0 amide bonds. The molecule has 1 aromatic rings. The molecule has 0 aromatic heterocycles. The van der Waals surface area contributed by atoms with Gasteiger partial charge in [0.1, 0.15) is 6.61 Å². The van der Waals surface area contributed by atoms with Crippen molar-refractivity contribution in [2.75, 3.05) is 0 Å². The van der Waals surface area contributed by atoms with E-state index in [-0.39, 0.29) is 5.97 Å². The first-order valence-corrected chi connectivity index (χ1v) is 5.12. The summed E-state index contributed by atoms with van der Waals surface area (Å²) in [5.41, 5.74) is 2.21. The number of halogens is 1. The summed E-state index contributed by atoms with van der Waals surface area (Å²) in [4.78, 5) is 10.6. The van der Waals surface area contributed by atoms with E-state index in [4.69, 9.17) is 4.74 Å². The average molecular weight is 243 g/mol. The zero-order valence-corrected chi connectivity index (χ0v) is 9.00. The first-order chi connectivity index (χ1) is 6.24. The smallest absolute Gasteiger partial charge is 0.302 e. The van der Waals surface area contributed by atoms with E-state index in [0.29, 0.717) is 6.61 Å². The number of hydrogen-bond donors (Lipinski definition) is 0. The Labute approximate surface area is 86.0 Å². The molecule has 0 aliphatic rings. The quantitative estimate of drug-likeness (QED) is 0.602. The Bertz CT molecular complexity index is 297. The van der Waals surface area contributed by atoms with Crippen molar-refractivity contribution < 1.29 is 9.53 Å². The fraction of sp³-hybridized carbons (Fsp3) is 0.300. The van der Waals surface area contributed by atoms with Gasteiger partial charge in [0.25, 0.3) is 0 Å². The van der Waals surface area contributed by atoms with E-state index in [1.807, 2.05) is 24.3 Å². The molecule has 0 heterocycles. The summed E-state index contributed by atoms with van der Waals surface area (Å²) >= 11 is 3.37. The minimum absolute atomic E-state index is 0.246. The molecule has 0 fully saturated rings. The molecule has 0 radical (unpaired) electrons. The third kappa shape index (κ3) is 3.19. The number of carbonyl (C=O) groups is 1. The zero-order chi connectivity index (χ0) is 9.68. The Morgan fingerprint density at radius 2 is 2.00 bits per heavy atom. The highest BCUT2D eigenvalue weighted by molar-refractivity contribution is 9.08. The highest BCUT2D eigenvalue weighted by Crippen LogP contribution is 2.13. The molecule has 0 atom stereocenters. The lowest BCUT2D eigenvalue weighted by molar-refractivity contribution is -0.142. The fourth-order valence-corrected chi connectivity index (χ4v) is 1.56. The zero-order valence-electron chi connectivity index (χ0n) is 7.42. The molecule has 70 valence electrons. The summed E-state index contributed by atoms with van der Waals surface area (Å²) in [5.74, 6) is -0.246. The van der Waals surface area contributed by atoms with Gasteiger partial charge < -0.3 is 4.74 Å². The van der Waals surface area contributed by atoms with Crippen molar-refractivity contribution in [3.63, 3.8) is 0 Å². The SMILES string of the molecule is CC(=O)OCc1ccccc1CBr. The number of esters is 1. The summed E-state index contributed by atoms with van der Waals surface area (Å²) < 4.78 is 4.91. The average Bonchev–Trinajstić information content (AvgIpc) is 2.15. The van der Waals surface area contributed by atoms with Gasteiger partial charge in [-0.05, 0) is 11.1 Å². The van der Waals surface area contributed by atoms with Crippen LogP contribution in [-0.2, 0) is 21.5 Å². The first-order valence-electron chi connectivity index (χ1n) is 4.00. The van der Waals surface area contributed by atoms with Gasteiger partial charge in [-0.3, -0.25) is 4.79 Å². The molecule has 1 rings (SSSR count). The highest BCUT2D eigenvalue weighted by atomic mass is 79.9. The number of benzene rings is 1. The molecule has 0 aliphatic carbocycles. The van der Waals surface area contributed by atoms with Gasteiger partial charge in [0.15, 0.2) is 0 Å². The molecule has 0 N–H and O–H groups in total. The van der Waals surface area contributed by atoms with E-state index in [1.54, 1.807) is 0 Å². The normalized spacial score (nSPS) is 9.69. The van der Waals surface area contributed by atoms with E-state index in [9.17, 15) is 4.79 Å². The van der Waals surface area contributed by atoms with Crippen LogP contribution in [0, 0.1) is 0 Å². The van der Waals surface area contributed by atoms with Crippen LogP contribution in [0.5, 0.6) is 0 Å². The lowest BCUT2D eigenvalue weighted by Crippen LogP contribution is -2.00. The Balaban J connectivity index is 2.69. The maximum Gasteiger partial charge on any atom is 0.302 e. The second-order valence-corrected chi connectivity index (χ2v) is 3.24. The number of carbonyl (C=O) groups excluding carboxylic acids is 1. The monoisotopic (exact) mass is 242 g/mol. The molecule has 13 heavy (non-hydrogen) atoms. The maximum atomic E-state index is 10.6. The molecule has 0 bridgehead atoms. The molecular formula is C10H11BrO2. The summed E-state index contributed by atoms with van der Waals surface area (Å²) in [6, 6.07) is 7.87. The highest BCUT2D eigenvalue weighted by Gasteiger charge is 2.01. The Kier molecular flexibility index (Phi) is 3.96. The van der Waals surface area contributed by atoms with E-state index >= 15 is 0 Å². The second kappa shape index (κ2) is 5.02. The minimum atomic E-state index is -0.246. The lowest BCUT2D eigenvalue weighted by Gasteiger charge is -2.06. The van der Waals surface area contributed by atoms with Crippen LogP contribution < -0.4 is 0 Å². The molecule has 3 heteroatoms. The van der Waals surface area contributed by atoms with Crippen molar-refractivity contribution in [1.29, 1.82) is 0 Å². The fourth-order valence-electron chi connectivity index (χ4n) is 1.01. The number of ether oxygens (including phenoxy) is 1. The van der Waals surface area contributed by atoms with Crippen LogP contribution in [0.3, 0.4) is 0 Å². The third-order valence-corrected chi connectivity index (χ3v) is 2.30. The Morgan fingerprint density at radius 1 is 1.38 bits per heavy atom. The molecule has 0 aliphatic heterocycles. The molecule has 0 saturated heterocycles. The van der Waals surface area contributed by atoms with Crippen LogP contribution >= 0.6 is 15.9 Å². The van der Waals surface area contributed by atoms with Crippen LogP contribution in [0.4, 0.5) is 0 Å². The summed E-state index contributed by atoms with van der Waals surface area (Å²) in [6.07, 6.45) is 0. The van der Waals surface area contributed by atoms with Crippen molar-refractivity contribution in [3.05, 3.63) is 35.4 Å². The van der Waals surface area contributed by atoms with Crippen molar-refractivity contribution in [3.8, 4) is 0 Å². The van der Waals surface area contributed by atoms with Crippen LogP contribution in [0.2, 0.25) is 0 Å². The van der Waals surface area contributed by atoms with E-state index in [0.717, 1.165) is 16.5 Å². The number of alkyl halides is 1. The van der Waals surface area contributed by atoms with Gasteiger partial charge in [-0.25, -0.2) is 0 Å². The summed E-state index contributed by atoms with van der Waals surface area (Å²) in [5, 5.41) is 0.782. The summed E-state index contributed by atoms with van der Waals surface area (Å²) in [6.45, 7) is 1.77. The van der Waals surface area contributed by atoms with Gasteiger partial charge in [-0.2, -0.15) is 0 Å². The maximum absolute atomic E-state index is 10.6. The predicted octanol–water partition coefficient (Wildman–Crippen LogP) is 2.64. The largest absolute Gasteiger partial charge is 0.461 e. The molecule has 0 spiro atoms. The van der Waals surface area contributed by atoms with Gasteiger partial charge in [0.2, 0.25) is 0 Å². The standard InChI is InChI=1S/C10H11BrO2/c1-8(12)13-7-10-5-3-2-4-9(10)6-11/h2-5H,6-7H2,1H3. The van der Waals surface area contributed by atoms with Crippen molar-refractivity contribution in [2.24, 2.45) is 0 Å².